The number of carbonyl (C=O) groups excluding carboxylic acids is 3. The molecule has 1 aromatic heterocycles. The summed E-state index contributed by atoms with van der Waals surface area (Å²) in [6.45, 7) is 0. The van der Waals surface area contributed by atoms with Crippen LogP contribution in [0.5, 0.6) is 0 Å². The van der Waals surface area contributed by atoms with Gasteiger partial charge in [0, 0.05) is 17.1 Å². The lowest BCUT2D eigenvalue weighted by Gasteiger charge is -2.15. The van der Waals surface area contributed by atoms with Crippen LogP contribution in [0.15, 0.2) is 79.0 Å². The topological polar surface area (TPSA) is 79.4 Å². The van der Waals surface area contributed by atoms with Crippen LogP contribution in [0, 0.1) is 0 Å². The van der Waals surface area contributed by atoms with Crippen molar-refractivity contribution in [2.75, 3.05) is 10.2 Å². The lowest BCUT2D eigenvalue weighted by atomic mass is 10.1. The minimum absolute atomic E-state index is 0.147. The number of carbonyl (C=O) groups is 3. The fourth-order valence-electron chi connectivity index (χ4n) is 3.81. The summed E-state index contributed by atoms with van der Waals surface area (Å²) in [5.74, 6) is -1.48. The van der Waals surface area contributed by atoms with Crippen LogP contribution in [-0.2, 0) is 6.18 Å². The monoisotopic (exact) mass is 461 g/mol. The number of imide groups is 1. The van der Waals surface area contributed by atoms with Crippen LogP contribution >= 0.6 is 0 Å². The third-order valence-corrected chi connectivity index (χ3v) is 5.50. The number of rotatable bonds is 3. The number of amides is 3. The van der Waals surface area contributed by atoms with E-state index >= 15 is 0 Å². The van der Waals surface area contributed by atoms with Crippen molar-refractivity contribution < 1.29 is 27.6 Å². The van der Waals surface area contributed by atoms with E-state index < -0.39 is 29.5 Å². The normalized spacial score (nSPS) is 13.3. The molecule has 4 aromatic rings. The molecule has 0 fully saturated rings. The fraction of sp³-hybridized carbons (Fsp3) is 0.0400. The highest BCUT2D eigenvalue weighted by Gasteiger charge is 2.36. The SMILES string of the molecule is O=C(Nc1ccnc2ccc(C(F)(F)F)cc12)c1ccc(N2C(=O)c3ccccc3C2=O)cc1. The molecule has 0 saturated carbocycles. The van der Waals surface area contributed by atoms with Crippen molar-refractivity contribution in [3.05, 3.63) is 101 Å². The molecule has 0 aliphatic carbocycles. The Balaban J connectivity index is 1.40. The molecule has 1 aliphatic heterocycles. The Bertz CT molecular complexity index is 1450. The minimum Gasteiger partial charge on any atom is -0.321 e. The average Bonchev–Trinajstić information content (AvgIpc) is 3.08. The second-order valence-corrected chi connectivity index (χ2v) is 7.58. The molecular formula is C25H14F3N3O3. The number of fused-ring (bicyclic) bond motifs is 2. The van der Waals surface area contributed by atoms with Crippen molar-refractivity contribution in [3.63, 3.8) is 0 Å². The molecule has 0 unspecified atom stereocenters. The molecule has 1 N–H and O–H groups in total. The molecule has 0 spiro atoms. The Labute approximate surface area is 190 Å². The Morgan fingerprint density at radius 3 is 2.12 bits per heavy atom. The van der Waals surface area contributed by atoms with Gasteiger partial charge in [0.15, 0.2) is 0 Å². The van der Waals surface area contributed by atoms with Crippen LogP contribution in [0.2, 0.25) is 0 Å². The van der Waals surface area contributed by atoms with Gasteiger partial charge in [0.05, 0.1) is 33.6 Å². The summed E-state index contributed by atoms with van der Waals surface area (Å²) < 4.78 is 39.4. The van der Waals surface area contributed by atoms with Gasteiger partial charge in [-0.25, -0.2) is 4.90 Å². The summed E-state index contributed by atoms with van der Waals surface area (Å²) in [5, 5.41) is 2.75. The van der Waals surface area contributed by atoms with Crippen LogP contribution in [0.1, 0.15) is 36.6 Å². The first-order valence-corrected chi connectivity index (χ1v) is 10.1. The Hall–Kier alpha value is -4.53. The van der Waals surface area contributed by atoms with Crippen LogP contribution < -0.4 is 10.2 Å². The Kier molecular flexibility index (Phi) is 4.89. The van der Waals surface area contributed by atoms with Gasteiger partial charge in [-0.1, -0.05) is 12.1 Å². The minimum atomic E-state index is -4.54. The molecule has 2 heterocycles. The van der Waals surface area contributed by atoms with Crippen molar-refractivity contribution in [2.24, 2.45) is 0 Å². The molecular weight excluding hydrogens is 447 g/mol. The molecule has 3 aromatic carbocycles. The third kappa shape index (κ3) is 3.57. The molecule has 5 rings (SSSR count). The molecule has 3 amide bonds. The molecule has 0 bridgehead atoms. The smallest absolute Gasteiger partial charge is 0.321 e. The highest BCUT2D eigenvalue weighted by molar-refractivity contribution is 6.34. The maximum Gasteiger partial charge on any atom is 0.416 e. The molecule has 0 saturated heterocycles. The van der Waals surface area contributed by atoms with Crippen LogP contribution in [-0.4, -0.2) is 22.7 Å². The number of anilines is 2. The second-order valence-electron chi connectivity index (χ2n) is 7.58. The van der Waals surface area contributed by atoms with E-state index in [0.29, 0.717) is 22.3 Å². The van der Waals surface area contributed by atoms with Crippen LogP contribution in [0.4, 0.5) is 24.5 Å². The quantitative estimate of drug-likeness (QED) is 0.420. The number of hydrogen-bond donors (Lipinski definition) is 1. The van der Waals surface area contributed by atoms with Gasteiger partial charge >= 0.3 is 6.18 Å². The largest absolute Gasteiger partial charge is 0.416 e. The zero-order chi connectivity index (χ0) is 24.0. The summed E-state index contributed by atoms with van der Waals surface area (Å²) in [7, 11) is 0. The lowest BCUT2D eigenvalue weighted by molar-refractivity contribution is -0.137. The maximum atomic E-state index is 13.1. The number of aromatic nitrogens is 1. The summed E-state index contributed by atoms with van der Waals surface area (Å²) in [4.78, 5) is 43.1. The van der Waals surface area contributed by atoms with Crippen molar-refractivity contribution in [3.8, 4) is 0 Å². The number of halogens is 3. The van der Waals surface area contributed by atoms with Gasteiger partial charge in [-0.05, 0) is 60.7 Å². The lowest BCUT2D eigenvalue weighted by Crippen LogP contribution is -2.29. The number of benzene rings is 3. The van der Waals surface area contributed by atoms with E-state index in [0.717, 1.165) is 17.0 Å². The van der Waals surface area contributed by atoms with Gasteiger partial charge in [-0.15, -0.1) is 0 Å². The number of nitrogens with one attached hydrogen (secondary N) is 1. The van der Waals surface area contributed by atoms with E-state index in [-0.39, 0.29) is 16.6 Å². The zero-order valence-corrected chi connectivity index (χ0v) is 17.3. The predicted molar refractivity (Wildman–Crippen MR) is 119 cm³/mol. The molecule has 9 heteroatoms. The van der Waals surface area contributed by atoms with Gasteiger partial charge in [0.2, 0.25) is 0 Å². The molecule has 1 aliphatic rings. The van der Waals surface area contributed by atoms with E-state index in [1.807, 2.05) is 0 Å². The molecule has 34 heavy (non-hydrogen) atoms. The zero-order valence-electron chi connectivity index (χ0n) is 17.3. The van der Waals surface area contributed by atoms with E-state index in [1.165, 1.54) is 42.6 Å². The van der Waals surface area contributed by atoms with Crippen molar-refractivity contribution in [1.82, 2.24) is 4.98 Å². The number of pyridine rings is 1. The third-order valence-electron chi connectivity index (χ3n) is 5.50. The van der Waals surface area contributed by atoms with Crippen molar-refractivity contribution >= 4 is 40.0 Å². The fourth-order valence-corrected chi connectivity index (χ4v) is 3.81. The van der Waals surface area contributed by atoms with Gasteiger partial charge in [-0.2, -0.15) is 13.2 Å². The molecule has 6 nitrogen and oxygen atoms in total. The van der Waals surface area contributed by atoms with Gasteiger partial charge in [0.25, 0.3) is 17.7 Å². The average molecular weight is 461 g/mol. The van der Waals surface area contributed by atoms with Gasteiger partial charge in [0.1, 0.15) is 0 Å². The highest BCUT2D eigenvalue weighted by Crippen LogP contribution is 2.33. The number of nitrogens with zero attached hydrogens (tertiary/aromatic N) is 2. The molecule has 0 radical (unpaired) electrons. The standard InChI is InChI=1S/C25H14F3N3O3/c26-25(27,28)15-7-10-20-19(13-15)21(11-12-29-20)30-22(32)14-5-8-16(9-6-14)31-23(33)17-3-1-2-4-18(17)24(31)34/h1-13H,(H,29,30,32). The Morgan fingerprint density at radius 2 is 1.50 bits per heavy atom. The van der Waals surface area contributed by atoms with Gasteiger partial charge in [-0.3, -0.25) is 19.4 Å². The van der Waals surface area contributed by atoms with Crippen LogP contribution in [0.25, 0.3) is 10.9 Å². The van der Waals surface area contributed by atoms with Crippen molar-refractivity contribution in [1.29, 1.82) is 0 Å². The van der Waals surface area contributed by atoms with E-state index in [1.54, 1.807) is 24.3 Å². The number of hydrogen-bond acceptors (Lipinski definition) is 4. The predicted octanol–water partition coefficient (Wildman–Crippen LogP) is 5.31. The first kappa shape index (κ1) is 21.3. The van der Waals surface area contributed by atoms with E-state index in [4.69, 9.17) is 0 Å². The first-order chi connectivity index (χ1) is 16.2. The highest BCUT2D eigenvalue weighted by atomic mass is 19.4. The summed E-state index contributed by atoms with van der Waals surface area (Å²) in [6, 6.07) is 16.8. The second kappa shape index (κ2) is 7.80. The van der Waals surface area contributed by atoms with E-state index in [2.05, 4.69) is 10.3 Å². The van der Waals surface area contributed by atoms with Gasteiger partial charge < -0.3 is 5.32 Å². The summed E-state index contributed by atoms with van der Waals surface area (Å²) in [5.41, 5.74) is 0.713. The van der Waals surface area contributed by atoms with E-state index in [9.17, 15) is 27.6 Å². The summed E-state index contributed by atoms with van der Waals surface area (Å²) >= 11 is 0. The maximum absolute atomic E-state index is 13.1. The number of alkyl halides is 3. The molecule has 168 valence electrons. The van der Waals surface area contributed by atoms with Crippen molar-refractivity contribution in [2.45, 2.75) is 6.18 Å². The van der Waals surface area contributed by atoms with Crippen LogP contribution in [0.3, 0.4) is 0 Å². The molecule has 0 atom stereocenters. The first-order valence-electron chi connectivity index (χ1n) is 10.1. The Morgan fingerprint density at radius 1 is 0.853 bits per heavy atom. The summed E-state index contributed by atoms with van der Waals surface area (Å²) in [6.07, 6.45) is -3.15.